The van der Waals surface area contributed by atoms with E-state index in [0.717, 1.165) is 11.5 Å². The van der Waals surface area contributed by atoms with E-state index in [1.165, 1.54) is 54.3 Å². The quantitative estimate of drug-likeness (QED) is 0.137. The molecule has 3 unspecified atom stereocenters. The summed E-state index contributed by atoms with van der Waals surface area (Å²) in [6, 6.07) is 48.4. The molecule has 0 N–H and O–H groups in total. The van der Waals surface area contributed by atoms with Crippen LogP contribution in [0.5, 0.6) is 0 Å². The minimum Gasteiger partial charge on any atom is -0.0689 e. The highest BCUT2D eigenvalue weighted by atomic mass is 31.1. The van der Waals surface area contributed by atoms with E-state index in [4.69, 9.17) is 0 Å². The molecule has 0 spiro atoms. The van der Waals surface area contributed by atoms with Crippen molar-refractivity contribution in [2.75, 3.05) is 12.3 Å². The van der Waals surface area contributed by atoms with Crippen LogP contribution in [0.4, 0.5) is 0 Å². The van der Waals surface area contributed by atoms with E-state index in [0.29, 0.717) is 0 Å². The third kappa shape index (κ3) is 6.74. The summed E-state index contributed by atoms with van der Waals surface area (Å²) >= 11 is 0. The predicted octanol–water partition coefficient (Wildman–Crippen LogP) is 8.52. The van der Waals surface area contributed by atoms with Gasteiger partial charge in [-0.2, -0.15) is 0 Å². The molecule has 1 aliphatic rings. The second-order valence-corrected chi connectivity index (χ2v) is 21.0. The molecule has 1 heterocycles. The normalized spacial score (nSPS) is 21.6. The Kier molecular flexibility index (Phi) is 9.67. The van der Waals surface area contributed by atoms with Crippen molar-refractivity contribution in [3.05, 3.63) is 121 Å². The Balaban J connectivity index is 1.36. The Bertz CT molecular complexity index is 1150. The summed E-state index contributed by atoms with van der Waals surface area (Å²) in [4.78, 5) is 0. The molecule has 0 aromatic heterocycles. The minimum absolute atomic E-state index is 0.296. The summed E-state index contributed by atoms with van der Waals surface area (Å²) in [5.41, 5.74) is 0.928. The standard InChI is InChI=1S/C35H42P2Si/c1-30-16-15-28-38(2,29-27-37(33-21-11-5-12-22-33)34-23-13-6-14-24-34)35(30)25-26-36(31-17-7-3-8-18-31)32-19-9-4-10-20-32/h3-14,17-24,30,35H,15-16,25-29H2,1-2H3. The summed E-state index contributed by atoms with van der Waals surface area (Å²) < 4.78 is 0. The lowest BCUT2D eigenvalue weighted by atomic mass is 9.99. The molecule has 0 saturated carbocycles. The zero-order valence-corrected chi connectivity index (χ0v) is 25.8. The Labute approximate surface area is 234 Å². The first-order valence-electron chi connectivity index (χ1n) is 14.4. The van der Waals surface area contributed by atoms with E-state index in [1.54, 1.807) is 10.6 Å². The van der Waals surface area contributed by atoms with Crippen LogP contribution in [-0.4, -0.2) is 20.4 Å². The molecule has 1 saturated heterocycles. The topological polar surface area (TPSA) is 0 Å². The van der Waals surface area contributed by atoms with Crippen LogP contribution in [0.2, 0.25) is 24.2 Å². The molecule has 0 amide bonds. The van der Waals surface area contributed by atoms with Crippen molar-refractivity contribution >= 4 is 45.1 Å². The minimum atomic E-state index is -1.40. The molecule has 196 valence electrons. The van der Waals surface area contributed by atoms with Gasteiger partial charge in [0.05, 0.1) is 8.07 Å². The zero-order valence-electron chi connectivity index (χ0n) is 23.0. The highest BCUT2D eigenvalue weighted by Crippen LogP contribution is 2.50. The van der Waals surface area contributed by atoms with E-state index in [1.807, 2.05) is 0 Å². The van der Waals surface area contributed by atoms with Crippen LogP contribution in [0, 0.1) is 5.92 Å². The molecule has 0 aliphatic carbocycles. The summed E-state index contributed by atoms with van der Waals surface area (Å²) in [5, 5.41) is 6.17. The van der Waals surface area contributed by atoms with Gasteiger partial charge in [-0.3, -0.25) is 0 Å². The lowest BCUT2D eigenvalue weighted by Crippen LogP contribution is -2.43. The maximum Gasteiger partial charge on any atom is 0.0542 e. The molecule has 1 fully saturated rings. The van der Waals surface area contributed by atoms with Gasteiger partial charge in [0.2, 0.25) is 0 Å². The molecular formula is C35H42P2Si. The van der Waals surface area contributed by atoms with Crippen LogP contribution in [0.1, 0.15) is 26.2 Å². The summed E-state index contributed by atoms with van der Waals surface area (Å²) in [6.45, 7) is 5.36. The van der Waals surface area contributed by atoms with Gasteiger partial charge in [0.15, 0.2) is 0 Å². The first-order chi connectivity index (χ1) is 18.6. The summed E-state index contributed by atoms with van der Waals surface area (Å²) in [7, 11) is -2.00. The average Bonchev–Trinajstić information content (AvgIpc) is 2.97. The van der Waals surface area contributed by atoms with Gasteiger partial charge in [0.25, 0.3) is 0 Å². The van der Waals surface area contributed by atoms with E-state index < -0.39 is 8.07 Å². The van der Waals surface area contributed by atoms with Crippen molar-refractivity contribution in [1.29, 1.82) is 0 Å². The van der Waals surface area contributed by atoms with Gasteiger partial charge in [-0.15, -0.1) is 0 Å². The molecule has 3 heteroatoms. The van der Waals surface area contributed by atoms with E-state index in [2.05, 4.69) is 135 Å². The fraction of sp³-hybridized carbons (Fsp3) is 0.314. The molecule has 38 heavy (non-hydrogen) atoms. The molecule has 4 aromatic rings. The van der Waals surface area contributed by atoms with Crippen molar-refractivity contribution in [2.24, 2.45) is 5.92 Å². The average molecular weight is 553 g/mol. The largest absolute Gasteiger partial charge is 0.0689 e. The van der Waals surface area contributed by atoms with Crippen LogP contribution in [0.3, 0.4) is 0 Å². The maximum atomic E-state index is 2.78. The molecule has 0 radical (unpaired) electrons. The SMILES string of the molecule is CC1CCC[Si](C)(CCP(c2ccccc2)c2ccccc2)C1CCP(c1ccccc1)c1ccccc1. The van der Waals surface area contributed by atoms with Gasteiger partial charge in [-0.25, -0.2) is 0 Å². The Morgan fingerprint density at radius 3 is 1.42 bits per heavy atom. The summed E-state index contributed by atoms with van der Waals surface area (Å²) in [5.74, 6) is 0.864. The lowest BCUT2D eigenvalue weighted by Gasteiger charge is -2.45. The number of hydrogen-bond donors (Lipinski definition) is 0. The number of benzene rings is 4. The van der Waals surface area contributed by atoms with Crippen LogP contribution < -0.4 is 21.2 Å². The van der Waals surface area contributed by atoms with Gasteiger partial charge in [0, 0.05) is 0 Å². The highest BCUT2D eigenvalue weighted by Gasteiger charge is 2.42. The molecule has 4 aromatic carbocycles. The van der Waals surface area contributed by atoms with Gasteiger partial charge in [0.1, 0.15) is 0 Å². The second kappa shape index (κ2) is 13.3. The predicted molar refractivity (Wildman–Crippen MR) is 176 cm³/mol. The van der Waals surface area contributed by atoms with Gasteiger partial charge >= 0.3 is 0 Å². The van der Waals surface area contributed by atoms with Crippen molar-refractivity contribution < 1.29 is 0 Å². The molecular weight excluding hydrogens is 510 g/mol. The van der Waals surface area contributed by atoms with Crippen molar-refractivity contribution in [3.63, 3.8) is 0 Å². The molecule has 0 bridgehead atoms. The molecule has 0 nitrogen and oxygen atoms in total. The van der Waals surface area contributed by atoms with Gasteiger partial charge in [-0.1, -0.05) is 160 Å². The van der Waals surface area contributed by atoms with Crippen molar-refractivity contribution in [2.45, 2.75) is 50.4 Å². The zero-order chi connectivity index (χ0) is 26.2. The molecule has 1 aliphatic heterocycles. The Morgan fingerprint density at radius 1 is 0.605 bits per heavy atom. The Morgan fingerprint density at radius 2 is 1.00 bits per heavy atom. The molecule has 3 atom stereocenters. The summed E-state index contributed by atoms with van der Waals surface area (Å²) in [6.07, 6.45) is 6.94. The first-order valence-corrected chi connectivity index (χ1v) is 20.4. The third-order valence-electron chi connectivity index (χ3n) is 8.83. The first kappa shape index (κ1) is 27.5. The lowest BCUT2D eigenvalue weighted by molar-refractivity contribution is 0.439. The second-order valence-electron chi connectivity index (χ2n) is 11.3. The van der Waals surface area contributed by atoms with Crippen LogP contribution in [0.25, 0.3) is 0 Å². The van der Waals surface area contributed by atoms with Crippen molar-refractivity contribution in [3.8, 4) is 0 Å². The molecule has 5 rings (SSSR count). The number of rotatable bonds is 10. The van der Waals surface area contributed by atoms with Crippen LogP contribution in [0.15, 0.2) is 121 Å². The van der Waals surface area contributed by atoms with Crippen LogP contribution in [-0.2, 0) is 0 Å². The third-order valence-corrected chi connectivity index (χ3v) is 19.9. The maximum absolute atomic E-state index is 2.78. The smallest absolute Gasteiger partial charge is 0.0542 e. The number of hydrogen-bond acceptors (Lipinski definition) is 0. The Hall–Kier alpha value is -2.04. The van der Waals surface area contributed by atoms with Gasteiger partial charge < -0.3 is 0 Å². The fourth-order valence-corrected chi connectivity index (χ4v) is 18.6. The van der Waals surface area contributed by atoms with Gasteiger partial charge in [-0.05, 0) is 67.3 Å². The highest BCUT2D eigenvalue weighted by molar-refractivity contribution is 7.73. The fourth-order valence-electron chi connectivity index (χ4n) is 6.73. The monoisotopic (exact) mass is 552 g/mol. The van der Waals surface area contributed by atoms with E-state index in [-0.39, 0.29) is 15.8 Å². The van der Waals surface area contributed by atoms with E-state index in [9.17, 15) is 0 Å². The van der Waals surface area contributed by atoms with E-state index >= 15 is 0 Å². The van der Waals surface area contributed by atoms with Crippen molar-refractivity contribution in [1.82, 2.24) is 0 Å². The van der Waals surface area contributed by atoms with Crippen LogP contribution >= 0.6 is 15.8 Å².